The summed E-state index contributed by atoms with van der Waals surface area (Å²) in [5.74, 6) is 0.0595. The van der Waals surface area contributed by atoms with Crippen molar-refractivity contribution in [1.29, 1.82) is 0 Å². The average molecular weight is 377 g/mol. The molecule has 140 valence electrons. The lowest BCUT2D eigenvalue weighted by Crippen LogP contribution is -2.37. The first-order valence-electron chi connectivity index (χ1n) is 8.73. The van der Waals surface area contributed by atoms with Gasteiger partial charge in [-0.1, -0.05) is 32.0 Å². The summed E-state index contributed by atoms with van der Waals surface area (Å²) in [5, 5.41) is 8.38. The zero-order valence-electron chi connectivity index (χ0n) is 14.9. The molecule has 1 aliphatic rings. The molecule has 1 aromatic carbocycles. The third kappa shape index (κ3) is 4.12. The summed E-state index contributed by atoms with van der Waals surface area (Å²) in [5.41, 5.74) is 0.361. The Hall–Kier alpha value is -2.22. The van der Waals surface area contributed by atoms with Gasteiger partial charge in [0.25, 0.3) is 5.56 Å². The van der Waals surface area contributed by atoms with Crippen molar-refractivity contribution in [3.8, 4) is 0 Å². The highest BCUT2D eigenvalue weighted by Gasteiger charge is 2.29. The van der Waals surface area contributed by atoms with Crippen LogP contribution in [-0.2, 0) is 27.6 Å². The van der Waals surface area contributed by atoms with E-state index in [0.29, 0.717) is 29.4 Å². The van der Waals surface area contributed by atoms with Crippen molar-refractivity contribution in [1.82, 2.24) is 15.1 Å². The molecule has 1 aromatic heterocycles. The Morgan fingerprint density at radius 2 is 2.00 bits per heavy atom. The van der Waals surface area contributed by atoms with Gasteiger partial charge in [0.2, 0.25) is 5.91 Å². The van der Waals surface area contributed by atoms with E-state index in [4.69, 9.17) is 0 Å². The molecule has 1 fully saturated rings. The summed E-state index contributed by atoms with van der Waals surface area (Å²) in [6, 6.07) is 6.77. The second-order valence-electron chi connectivity index (χ2n) is 7.22. The third-order valence-corrected chi connectivity index (χ3v) is 6.18. The van der Waals surface area contributed by atoms with Crippen LogP contribution in [0, 0.1) is 5.92 Å². The quantitative estimate of drug-likeness (QED) is 0.835. The van der Waals surface area contributed by atoms with Gasteiger partial charge in [-0.15, -0.1) is 0 Å². The van der Waals surface area contributed by atoms with E-state index >= 15 is 0 Å². The van der Waals surface area contributed by atoms with Gasteiger partial charge < -0.3 is 5.32 Å². The molecule has 0 spiro atoms. The van der Waals surface area contributed by atoms with Crippen molar-refractivity contribution in [2.24, 2.45) is 5.92 Å². The molecule has 7 nitrogen and oxygen atoms in total. The molecule has 1 saturated heterocycles. The second kappa shape index (κ2) is 7.19. The SMILES string of the molecule is CC(C)Cn1nc(CC(=O)N[C@@H]2CCS(=O)(=O)C2)c2ccccc2c1=O. The molecule has 0 radical (unpaired) electrons. The summed E-state index contributed by atoms with van der Waals surface area (Å²) < 4.78 is 24.5. The molecular weight excluding hydrogens is 354 g/mol. The lowest BCUT2D eigenvalue weighted by molar-refractivity contribution is -0.121. The Labute approximate surface area is 152 Å². The highest BCUT2D eigenvalue weighted by molar-refractivity contribution is 7.91. The number of carbonyl (C=O) groups is 1. The van der Waals surface area contributed by atoms with Gasteiger partial charge in [0.15, 0.2) is 9.84 Å². The lowest BCUT2D eigenvalue weighted by Gasteiger charge is -2.14. The number of sulfone groups is 1. The Kier molecular flexibility index (Phi) is 5.13. The van der Waals surface area contributed by atoms with Crippen molar-refractivity contribution in [3.63, 3.8) is 0 Å². The number of aromatic nitrogens is 2. The third-order valence-electron chi connectivity index (χ3n) is 4.41. The Morgan fingerprint density at radius 3 is 2.62 bits per heavy atom. The summed E-state index contributed by atoms with van der Waals surface area (Å²) in [4.78, 5) is 25.0. The second-order valence-corrected chi connectivity index (χ2v) is 9.45. The first kappa shape index (κ1) is 18.6. The van der Waals surface area contributed by atoms with Gasteiger partial charge in [-0.05, 0) is 18.4 Å². The van der Waals surface area contributed by atoms with E-state index in [9.17, 15) is 18.0 Å². The number of hydrogen-bond donors (Lipinski definition) is 1. The number of benzene rings is 1. The first-order chi connectivity index (χ1) is 12.2. The Morgan fingerprint density at radius 1 is 1.31 bits per heavy atom. The normalized spacial score (nSPS) is 19.1. The minimum atomic E-state index is -3.05. The zero-order chi connectivity index (χ0) is 18.9. The molecule has 1 atom stereocenters. The summed E-state index contributed by atoms with van der Waals surface area (Å²) in [6.45, 7) is 4.46. The molecule has 26 heavy (non-hydrogen) atoms. The lowest BCUT2D eigenvalue weighted by atomic mass is 10.1. The van der Waals surface area contributed by atoms with E-state index in [1.807, 2.05) is 13.8 Å². The van der Waals surface area contributed by atoms with Crippen molar-refractivity contribution >= 4 is 26.5 Å². The average Bonchev–Trinajstić information content (AvgIpc) is 2.90. The Bertz CT molecular complexity index is 995. The van der Waals surface area contributed by atoms with Gasteiger partial charge in [0.1, 0.15) is 0 Å². The van der Waals surface area contributed by atoms with Crippen LogP contribution in [0.3, 0.4) is 0 Å². The van der Waals surface area contributed by atoms with E-state index in [-0.39, 0.29) is 41.4 Å². The standard InChI is InChI=1S/C18H23N3O4S/c1-12(2)10-21-18(23)15-6-4-3-5-14(15)16(20-21)9-17(22)19-13-7-8-26(24,25)11-13/h3-6,12-13H,7-11H2,1-2H3,(H,19,22)/t13-/m1/s1. The highest BCUT2D eigenvalue weighted by Crippen LogP contribution is 2.15. The fraction of sp³-hybridized carbons (Fsp3) is 0.500. The zero-order valence-corrected chi connectivity index (χ0v) is 15.8. The van der Waals surface area contributed by atoms with Gasteiger partial charge in [0, 0.05) is 18.0 Å². The summed E-state index contributed by atoms with van der Waals surface area (Å²) in [7, 11) is -3.05. The topological polar surface area (TPSA) is 98.1 Å². The Balaban J connectivity index is 1.88. The van der Waals surface area contributed by atoms with Crippen molar-refractivity contribution < 1.29 is 13.2 Å². The van der Waals surface area contributed by atoms with Crippen molar-refractivity contribution in [2.75, 3.05) is 11.5 Å². The summed E-state index contributed by atoms with van der Waals surface area (Å²) in [6.07, 6.45) is 0.449. The molecule has 0 bridgehead atoms. The van der Waals surface area contributed by atoms with Crippen LogP contribution in [0.2, 0.25) is 0 Å². The molecule has 2 aromatic rings. The number of amides is 1. The van der Waals surface area contributed by atoms with Crippen LogP contribution in [0.1, 0.15) is 26.0 Å². The number of fused-ring (bicyclic) bond motifs is 1. The van der Waals surface area contributed by atoms with E-state index in [0.717, 1.165) is 0 Å². The van der Waals surface area contributed by atoms with Gasteiger partial charge >= 0.3 is 0 Å². The highest BCUT2D eigenvalue weighted by atomic mass is 32.2. The van der Waals surface area contributed by atoms with Crippen LogP contribution in [0.25, 0.3) is 10.8 Å². The first-order valence-corrected chi connectivity index (χ1v) is 10.6. The number of carbonyl (C=O) groups excluding carboxylic acids is 1. The number of rotatable bonds is 5. The molecule has 0 saturated carbocycles. The molecule has 1 N–H and O–H groups in total. The maximum absolute atomic E-state index is 12.6. The molecule has 3 rings (SSSR count). The van der Waals surface area contributed by atoms with Crippen molar-refractivity contribution in [2.45, 2.75) is 39.3 Å². The molecule has 0 aliphatic carbocycles. The van der Waals surface area contributed by atoms with Gasteiger partial charge in [-0.3, -0.25) is 9.59 Å². The molecular formula is C18H23N3O4S. The van der Waals surface area contributed by atoms with Crippen LogP contribution < -0.4 is 10.9 Å². The molecule has 0 unspecified atom stereocenters. The van der Waals surface area contributed by atoms with Gasteiger partial charge in [-0.2, -0.15) is 5.10 Å². The van der Waals surface area contributed by atoms with Crippen LogP contribution >= 0.6 is 0 Å². The molecule has 1 amide bonds. The van der Waals surface area contributed by atoms with Crippen LogP contribution in [0.5, 0.6) is 0 Å². The fourth-order valence-corrected chi connectivity index (χ4v) is 4.92. The minimum absolute atomic E-state index is 0.00936. The smallest absolute Gasteiger partial charge is 0.274 e. The monoisotopic (exact) mass is 377 g/mol. The van der Waals surface area contributed by atoms with Gasteiger partial charge in [0.05, 0.1) is 29.0 Å². The van der Waals surface area contributed by atoms with Crippen LogP contribution in [0.4, 0.5) is 0 Å². The molecule has 1 aliphatic heterocycles. The number of nitrogens with zero attached hydrogens (tertiary/aromatic N) is 2. The number of hydrogen-bond acceptors (Lipinski definition) is 5. The van der Waals surface area contributed by atoms with E-state index in [1.165, 1.54) is 4.68 Å². The minimum Gasteiger partial charge on any atom is -0.352 e. The molecule has 8 heteroatoms. The maximum atomic E-state index is 12.6. The van der Waals surface area contributed by atoms with E-state index < -0.39 is 9.84 Å². The van der Waals surface area contributed by atoms with Gasteiger partial charge in [-0.25, -0.2) is 13.1 Å². The summed E-state index contributed by atoms with van der Waals surface area (Å²) >= 11 is 0. The van der Waals surface area contributed by atoms with Crippen molar-refractivity contribution in [3.05, 3.63) is 40.3 Å². The molecule has 2 heterocycles. The largest absolute Gasteiger partial charge is 0.352 e. The van der Waals surface area contributed by atoms with E-state index in [1.54, 1.807) is 24.3 Å². The fourth-order valence-electron chi connectivity index (χ4n) is 3.25. The van der Waals surface area contributed by atoms with Crippen LogP contribution in [-0.4, -0.2) is 41.7 Å². The predicted molar refractivity (Wildman–Crippen MR) is 99.7 cm³/mol. The maximum Gasteiger partial charge on any atom is 0.274 e. The van der Waals surface area contributed by atoms with Crippen LogP contribution in [0.15, 0.2) is 29.1 Å². The van der Waals surface area contributed by atoms with E-state index in [2.05, 4.69) is 10.4 Å². The predicted octanol–water partition coefficient (Wildman–Crippen LogP) is 0.898. The number of nitrogens with one attached hydrogen (secondary N) is 1.